The van der Waals surface area contributed by atoms with Gasteiger partial charge in [0.25, 0.3) is 0 Å². The Morgan fingerprint density at radius 3 is 1.87 bits per heavy atom. The number of aromatic nitrogens is 4. The molecule has 13 aromatic rings. The second-order valence-corrected chi connectivity index (χ2v) is 16.7. The van der Waals surface area contributed by atoms with Gasteiger partial charge in [0.2, 0.25) is 0 Å². The summed E-state index contributed by atoms with van der Waals surface area (Å²) in [5.41, 5.74) is 12.9. The van der Waals surface area contributed by atoms with Crippen LogP contribution < -0.4 is 0 Å². The molecular weight excluding hydrogens is 769 g/mol. The van der Waals surface area contributed by atoms with Crippen LogP contribution in [0.2, 0.25) is 0 Å². The van der Waals surface area contributed by atoms with Crippen LogP contribution in [0.25, 0.3) is 127 Å². The molecule has 0 aliphatic heterocycles. The lowest BCUT2D eigenvalue weighted by Crippen LogP contribution is -2.05. The van der Waals surface area contributed by atoms with Crippen molar-refractivity contribution >= 4 is 76.1 Å². The molecule has 3 aromatic heterocycles. The fourth-order valence-corrected chi connectivity index (χ4v) is 10.3. The van der Waals surface area contributed by atoms with Crippen molar-refractivity contribution in [1.29, 1.82) is 0 Å². The van der Waals surface area contributed by atoms with E-state index in [1.54, 1.807) is 0 Å². The number of benzene rings is 10. The van der Waals surface area contributed by atoms with Crippen LogP contribution in [0, 0.1) is 0 Å². The van der Waals surface area contributed by atoms with Crippen molar-refractivity contribution in [3.05, 3.63) is 205 Å². The highest BCUT2D eigenvalue weighted by Gasteiger charge is 2.28. The molecule has 0 fully saturated rings. The number of rotatable bonds is 4. The van der Waals surface area contributed by atoms with Crippen molar-refractivity contribution in [3.63, 3.8) is 0 Å². The van der Waals surface area contributed by atoms with Gasteiger partial charge in [0.05, 0.1) is 16.7 Å². The first kappa shape index (κ1) is 34.3. The smallest absolute Gasteiger partial charge is 0.166 e. The Balaban J connectivity index is 1.12. The van der Waals surface area contributed by atoms with Crippen molar-refractivity contribution in [2.75, 3.05) is 0 Å². The van der Waals surface area contributed by atoms with Crippen LogP contribution in [-0.2, 0) is 6.42 Å². The van der Waals surface area contributed by atoms with Gasteiger partial charge in [0.15, 0.2) is 17.5 Å². The topological polar surface area (TPSA) is 56.7 Å². The third-order valence-electron chi connectivity index (χ3n) is 13.2. The molecule has 3 heterocycles. The molecule has 0 unspecified atom stereocenters. The average molecular weight is 803 g/mol. The van der Waals surface area contributed by atoms with Gasteiger partial charge in [0, 0.05) is 43.6 Å². The van der Waals surface area contributed by atoms with E-state index in [0.717, 1.165) is 61.8 Å². The number of nitrogens with zero attached hydrogens (tertiary/aromatic N) is 4. The summed E-state index contributed by atoms with van der Waals surface area (Å²) >= 11 is 0. The first-order valence-electron chi connectivity index (χ1n) is 21.5. The molecular formula is C58H34N4O. The summed E-state index contributed by atoms with van der Waals surface area (Å²) in [5.74, 6) is 1.82. The molecule has 0 bridgehead atoms. The fraction of sp³-hybridized carbons (Fsp3) is 0.0172. The molecule has 0 atom stereocenters. The standard InChI is InChI=1S/C58H34N4O/c1-2-14-36(15-3-1)56-59-57(40-25-27-53-48(30-40)44-20-10-11-21-52(44)63-53)61-58(60-56)49-33-46-41(28-39-23-22-34-12-6-8-18-42(34)54(39)46)32-51(49)62-50-31-38-17-5-4-16-37(38)29-47(50)45-26-24-35-13-7-9-19-43(35)55(45)62/h1-27,29-33H,28H2. The van der Waals surface area contributed by atoms with Crippen molar-refractivity contribution < 1.29 is 4.42 Å². The van der Waals surface area contributed by atoms with E-state index in [0.29, 0.717) is 17.5 Å². The van der Waals surface area contributed by atoms with E-state index in [4.69, 9.17) is 19.4 Å². The molecule has 0 radical (unpaired) electrons. The number of fused-ring (bicyclic) bond motifs is 14. The minimum atomic E-state index is 0.599. The lowest BCUT2D eigenvalue weighted by Gasteiger charge is -2.18. The molecule has 0 saturated carbocycles. The maximum Gasteiger partial charge on any atom is 0.166 e. The van der Waals surface area contributed by atoms with Crippen molar-refractivity contribution in [2.24, 2.45) is 0 Å². The van der Waals surface area contributed by atoms with Gasteiger partial charge < -0.3 is 8.98 Å². The van der Waals surface area contributed by atoms with Gasteiger partial charge in [-0.05, 0) is 104 Å². The summed E-state index contributed by atoms with van der Waals surface area (Å²) in [5, 5.41) is 11.8. The monoisotopic (exact) mass is 802 g/mol. The molecule has 1 aliphatic carbocycles. The second-order valence-electron chi connectivity index (χ2n) is 16.7. The van der Waals surface area contributed by atoms with Crippen LogP contribution in [0.1, 0.15) is 11.1 Å². The first-order valence-corrected chi connectivity index (χ1v) is 21.5. The van der Waals surface area contributed by atoms with Gasteiger partial charge in [-0.2, -0.15) is 0 Å². The molecule has 1 aliphatic rings. The Labute approximate surface area is 361 Å². The summed E-state index contributed by atoms with van der Waals surface area (Å²) in [6.45, 7) is 0. The largest absolute Gasteiger partial charge is 0.456 e. The summed E-state index contributed by atoms with van der Waals surface area (Å²) in [6, 6.07) is 69.5. The molecule has 292 valence electrons. The number of furan rings is 1. The molecule has 0 amide bonds. The number of para-hydroxylation sites is 1. The minimum Gasteiger partial charge on any atom is -0.456 e. The van der Waals surface area contributed by atoms with Crippen LogP contribution in [0.4, 0.5) is 0 Å². The zero-order valence-electron chi connectivity index (χ0n) is 33.9. The third-order valence-corrected chi connectivity index (χ3v) is 13.2. The minimum absolute atomic E-state index is 0.599. The third kappa shape index (κ3) is 5.14. The van der Waals surface area contributed by atoms with E-state index in [2.05, 4.69) is 162 Å². The molecule has 0 saturated heterocycles. The maximum atomic E-state index is 6.26. The normalized spacial score (nSPS) is 12.4. The van der Waals surface area contributed by atoms with Gasteiger partial charge in [-0.1, -0.05) is 146 Å². The van der Waals surface area contributed by atoms with Gasteiger partial charge in [-0.25, -0.2) is 15.0 Å². The lowest BCUT2D eigenvalue weighted by molar-refractivity contribution is 0.669. The highest BCUT2D eigenvalue weighted by atomic mass is 16.3. The van der Waals surface area contributed by atoms with Gasteiger partial charge >= 0.3 is 0 Å². The zero-order valence-corrected chi connectivity index (χ0v) is 33.9. The predicted molar refractivity (Wildman–Crippen MR) is 259 cm³/mol. The van der Waals surface area contributed by atoms with Crippen molar-refractivity contribution in [3.8, 4) is 51.0 Å². The van der Waals surface area contributed by atoms with Crippen molar-refractivity contribution in [2.45, 2.75) is 6.42 Å². The predicted octanol–water partition coefficient (Wildman–Crippen LogP) is 14.9. The number of hydrogen-bond donors (Lipinski definition) is 0. The summed E-state index contributed by atoms with van der Waals surface area (Å²) in [7, 11) is 0. The SMILES string of the molecule is c1ccc(-c2nc(-c3ccc4oc5ccccc5c4c3)nc(-c3cc4c(cc3-n3c5cc6ccccc6cc5c5ccc6ccccc6c53)Cc3ccc5ccccc5c3-4)n2)cc1. The number of hydrogen-bond acceptors (Lipinski definition) is 4. The fourth-order valence-electron chi connectivity index (χ4n) is 10.3. The first-order chi connectivity index (χ1) is 31.2. The molecule has 14 rings (SSSR count). The highest BCUT2D eigenvalue weighted by Crippen LogP contribution is 2.47. The second kappa shape index (κ2) is 13.0. The van der Waals surface area contributed by atoms with E-state index in [1.807, 2.05) is 36.4 Å². The van der Waals surface area contributed by atoms with Crippen LogP contribution >= 0.6 is 0 Å². The molecule has 5 nitrogen and oxygen atoms in total. The Bertz CT molecular complexity index is 4070. The van der Waals surface area contributed by atoms with Crippen LogP contribution in [0.3, 0.4) is 0 Å². The summed E-state index contributed by atoms with van der Waals surface area (Å²) in [6.07, 6.45) is 0.833. The Morgan fingerprint density at radius 1 is 0.381 bits per heavy atom. The van der Waals surface area contributed by atoms with E-state index >= 15 is 0 Å². The van der Waals surface area contributed by atoms with Crippen molar-refractivity contribution in [1.82, 2.24) is 19.5 Å². The van der Waals surface area contributed by atoms with Gasteiger partial charge in [-0.3, -0.25) is 0 Å². The molecule has 63 heavy (non-hydrogen) atoms. The molecule has 0 spiro atoms. The summed E-state index contributed by atoms with van der Waals surface area (Å²) in [4.78, 5) is 16.2. The molecule has 5 heteroatoms. The molecule has 10 aromatic carbocycles. The Hall–Kier alpha value is -8.41. The van der Waals surface area contributed by atoms with Crippen LogP contribution in [-0.4, -0.2) is 19.5 Å². The Morgan fingerprint density at radius 2 is 1.03 bits per heavy atom. The quantitative estimate of drug-likeness (QED) is 0.178. The maximum absolute atomic E-state index is 6.26. The van der Waals surface area contributed by atoms with E-state index in [1.165, 1.54) is 65.3 Å². The Kier molecular flexibility index (Phi) is 7.11. The van der Waals surface area contributed by atoms with E-state index in [-0.39, 0.29) is 0 Å². The van der Waals surface area contributed by atoms with Gasteiger partial charge in [-0.15, -0.1) is 0 Å². The van der Waals surface area contributed by atoms with E-state index < -0.39 is 0 Å². The zero-order chi connectivity index (χ0) is 41.2. The van der Waals surface area contributed by atoms with Crippen LogP contribution in [0.5, 0.6) is 0 Å². The molecule has 0 N–H and O–H groups in total. The van der Waals surface area contributed by atoms with E-state index in [9.17, 15) is 0 Å². The van der Waals surface area contributed by atoms with Crippen LogP contribution in [0.15, 0.2) is 199 Å². The average Bonchev–Trinajstić information content (AvgIpc) is 4.02. The van der Waals surface area contributed by atoms with Gasteiger partial charge in [0.1, 0.15) is 11.2 Å². The lowest BCUT2D eigenvalue weighted by atomic mass is 9.96. The highest BCUT2D eigenvalue weighted by molar-refractivity contribution is 6.21. The summed E-state index contributed by atoms with van der Waals surface area (Å²) < 4.78 is 8.75.